The quantitative estimate of drug-likeness (QED) is 0.897. The molecule has 3 rings (SSSR count). The number of thiophene rings is 1. The van der Waals surface area contributed by atoms with Crippen molar-refractivity contribution in [1.82, 2.24) is 10.2 Å². The van der Waals surface area contributed by atoms with Gasteiger partial charge in [-0.1, -0.05) is 24.3 Å². The van der Waals surface area contributed by atoms with Gasteiger partial charge in [-0.05, 0) is 30.4 Å². The van der Waals surface area contributed by atoms with E-state index in [2.05, 4.69) is 10.6 Å². The van der Waals surface area contributed by atoms with Crippen LogP contribution in [0.3, 0.4) is 0 Å². The fourth-order valence-electron chi connectivity index (χ4n) is 3.01. The highest BCUT2D eigenvalue weighted by atomic mass is 32.1. The molecule has 5 nitrogen and oxygen atoms in total. The first-order chi connectivity index (χ1) is 11.7. The Bertz CT molecular complexity index is 715. The predicted octanol–water partition coefficient (Wildman–Crippen LogP) is 3.41. The lowest BCUT2D eigenvalue weighted by molar-refractivity contribution is -0.125. The van der Waals surface area contributed by atoms with Gasteiger partial charge in [-0.3, -0.25) is 4.79 Å². The number of amides is 3. The Kier molecular flexibility index (Phi) is 5.15. The molecule has 0 unspecified atom stereocenters. The summed E-state index contributed by atoms with van der Waals surface area (Å²) in [6, 6.07) is 11.7. The summed E-state index contributed by atoms with van der Waals surface area (Å²) in [5, 5.41) is 7.70. The van der Waals surface area contributed by atoms with Crippen LogP contribution in [0.4, 0.5) is 10.5 Å². The van der Waals surface area contributed by atoms with E-state index < -0.39 is 0 Å². The summed E-state index contributed by atoms with van der Waals surface area (Å²) in [6.45, 7) is 1.15. The number of anilines is 1. The van der Waals surface area contributed by atoms with Gasteiger partial charge in [-0.15, -0.1) is 11.3 Å². The molecule has 1 aliphatic heterocycles. The monoisotopic (exact) mass is 343 g/mol. The molecule has 2 aromatic rings. The number of carbonyl (C=O) groups excluding carboxylic acids is 2. The standard InChI is InChI=1S/C18H21N3O2S/c1-19-17(22)13-6-4-10-21(12-13)18(23)20-15-8-3-2-7-14(15)16-9-5-11-24-16/h2-3,5,7-9,11,13H,4,6,10,12H2,1H3,(H,19,22)(H,20,23)/t13-/m1/s1. The van der Waals surface area contributed by atoms with Crippen LogP contribution in [0.25, 0.3) is 10.4 Å². The molecule has 3 amide bonds. The molecule has 1 saturated heterocycles. The van der Waals surface area contributed by atoms with Crippen molar-refractivity contribution < 1.29 is 9.59 Å². The lowest BCUT2D eigenvalue weighted by Gasteiger charge is -2.32. The molecular formula is C18H21N3O2S. The van der Waals surface area contributed by atoms with Gasteiger partial charge in [0.2, 0.25) is 5.91 Å². The molecule has 0 radical (unpaired) electrons. The van der Waals surface area contributed by atoms with Crippen LogP contribution in [0.1, 0.15) is 12.8 Å². The number of benzene rings is 1. The fourth-order valence-corrected chi connectivity index (χ4v) is 3.78. The Labute approximate surface area is 145 Å². The molecule has 1 aromatic carbocycles. The van der Waals surface area contributed by atoms with Crippen LogP contribution in [0.5, 0.6) is 0 Å². The number of piperidine rings is 1. The number of para-hydroxylation sites is 1. The van der Waals surface area contributed by atoms with Crippen LogP contribution < -0.4 is 10.6 Å². The smallest absolute Gasteiger partial charge is 0.321 e. The molecule has 2 heterocycles. The maximum absolute atomic E-state index is 12.6. The number of hydrogen-bond acceptors (Lipinski definition) is 3. The van der Waals surface area contributed by atoms with Gasteiger partial charge in [0.25, 0.3) is 0 Å². The van der Waals surface area contributed by atoms with Crippen molar-refractivity contribution in [3.8, 4) is 10.4 Å². The van der Waals surface area contributed by atoms with Crippen LogP contribution in [0.15, 0.2) is 41.8 Å². The maximum atomic E-state index is 12.6. The average Bonchev–Trinajstić information content (AvgIpc) is 3.16. The number of urea groups is 1. The van der Waals surface area contributed by atoms with Crippen LogP contribution in [0, 0.1) is 5.92 Å². The first-order valence-electron chi connectivity index (χ1n) is 8.09. The van der Waals surface area contributed by atoms with Crippen molar-refractivity contribution >= 4 is 29.0 Å². The lowest BCUT2D eigenvalue weighted by atomic mass is 9.97. The summed E-state index contributed by atoms with van der Waals surface area (Å²) in [6.07, 6.45) is 1.67. The summed E-state index contributed by atoms with van der Waals surface area (Å²) in [5.74, 6) is -0.117. The molecule has 0 spiro atoms. The van der Waals surface area contributed by atoms with E-state index in [1.54, 1.807) is 23.3 Å². The molecule has 1 atom stereocenters. The number of carbonyl (C=O) groups is 2. The van der Waals surface area contributed by atoms with Crippen LogP contribution in [-0.4, -0.2) is 37.0 Å². The second kappa shape index (κ2) is 7.49. The molecule has 6 heteroatoms. The van der Waals surface area contributed by atoms with Crippen molar-refractivity contribution in [3.63, 3.8) is 0 Å². The van der Waals surface area contributed by atoms with Crippen LogP contribution >= 0.6 is 11.3 Å². The highest BCUT2D eigenvalue weighted by molar-refractivity contribution is 7.13. The van der Waals surface area contributed by atoms with Crippen molar-refractivity contribution in [2.75, 3.05) is 25.5 Å². The maximum Gasteiger partial charge on any atom is 0.321 e. The number of nitrogens with one attached hydrogen (secondary N) is 2. The summed E-state index contributed by atoms with van der Waals surface area (Å²) < 4.78 is 0. The zero-order chi connectivity index (χ0) is 16.9. The average molecular weight is 343 g/mol. The highest BCUT2D eigenvalue weighted by Crippen LogP contribution is 2.31. The summed E-state index contributed by atoms with van der Waals surface area (Å²) >= 11 is 1.64. The van der Waals surface area contributed by atoms with Gasteiger partial charge in [-0.25, -0.2) is 4.79 Å². The highest BCUT2D eigenvalue weighted by Gasteiger charge is 2.28. The topological polar surface area (TPSA) is 61.4 Å². The van der Waals surface area contributed by atoms with Gasteiger partial charge < -0.3 is 15.5 Å². The van der Waals surface area contributed by atoms with E-state index in [0.29, 0.717) is 13.1 Å². The Morgan fingerprint density at radius 2 is 2.04 bits per heavy atom. The van der Waals surface area contributed by atoms with E-state index in [1.165, 1.54) is 0 Å². The van der Waals surface area contributed by atoms with Gasteiger partial charge in [0.1, 0.15) is 0 Å². The Morgan fingerprint density at radius 3 is 2.79 bits per heavy atom. The molecule has 1 aliphatic rings. The van der Waals surface area contributed by atoms with Crippen LogP contribution in [0.2, 0.25) is 0 Å². The minimum absolute atomic E-state index is 0.00601. The summed E-state index contributed by atoms with van der Waals surface area (Å²) in [4.78, 5) is 27.3. The zero-order valence-corrected chi connectivity index (χ0v) is 14.4. The number of hydrogen-bond donors (Lipinski definition) is 2. The van der Waals surface area contributed by atoms with Crippen molar-refractivity contribution in [2.24, 2.45) is 5.92 Å². The number of rotatable bonds is 3. The molecule has 0 saturated carbocycles. The fraction of sp³-hybridized carbons (Fsp3) is 0.333. The van der Waals surface area contributed by atoms with E-state index in [0.717, 1.165) is 29.0 Å². The van der Waals surface area contributed by atoms with Gasteiger partial charge in [-0.2, -0.15) is 0 Å². The number of nitrogens with zero attached hydrogens (tertiary/aromatic N) is 1. The predicted molar refractivity (Wildman–Crippen MR) is 97.1 cm³/mol. The second-order valence-electron chi connectivity index (χ2n) is 5.85. The Hall–Kier alpha value is -2.34. The first-order valence-corrected chi connectivity index (χ1v) is 8.97. The third kappa shape index (κ3) is 3.59. The minimum atomic E-state index is -0.146. The van der Waals surface area contributed by atoms with E-state index in [-0.39, 0.29) is 17.9 Å². The third-order valence-electron chi connectivity index (χ3n) is 4.28. The first kappa shape index (κ1) is 16.5. The van der Waals surface area contributed by atoms with Crippen LogP contribution in [-0.2, 0) is 4.79 Å². The molecule has 24 heavy (non-hydrogen) atoms. The minimum Gasteiger partial charge on any atom is -0.359 e. The Balaban J connectivity index is 1.72. The van der Waals surface area contributed by atoms with Crippen molar-refractivity contribution in [1.29, 1.82) is 0 Å². The third-order valence-corrected chi connectivity index (χ3v) is 5.18. The van der Waals surface area contributed by atoms with Crippen molar-refractivity contribution in [3.05, 3.63) is 41.8 Å². The largest absolute Gasteiger partial charge is 0.359 e. The number of likely N-dealkylation sites (tertiary alicyclic amines) is 1. The summed E-state index contributed by atoms with van der Waals surface area (Å²) in [7, 11) is 1.64. The normalized spacial score (nSPS) is 17.4. The van der Waals surface area contributed by atoms with Gasteiger partial charge >= 0.3 is 6.03 Å². The Morgan fingerprint density at radius 1 is 1.21 bits per heavy atom. The van der Waals surface area contributed by atoms with E-state index >= 15 is 0 Å². The molecule has 1 aromatic heterocycles. The molecule has 0 bridgehead atoms. The van der Waals surface area contributed by atoms with E-state index in [4.69, 9.17) is 0 Å². The van der Waals surface area contributed by atoms with Crippen molar-refractivity contribution in [2.45, 2.75) is 12.8 Å². The van der Waals surface area contributed by atoms with E-state index in [9.17, 15) is 9.59 Å². The van der Waals surface area contributed by atoms with Gasteiger partial charge in [0, 0.05) is 30.6 Å². The van der Waals surface area contributed by atoms with Gasteiger partial charge in [0.15, 0.2) is 0 Å². The zero-order valence-electron chi connectivity index (χ0n) is 13.6. The second-order valence-corrected chi connectivity index (χ2v) is 6.80. The molecule has 126 valence electrons. The van der Waals surface area contributed by atoms with Gasteiger partial charge in [0.05, 0.1) is 11.6 Å². The SMILES string of the molecule is CNC(=O)[C@@H]1CCCN(C(=O)Nc2ccccc2-c2cccs2)C1. The molecule has 2 N–H and O–H groups in total. The molecular weight excluding hydrogens is 322 g/mol. The van der Waals surface area contributed by atoms with E-state index in [1.807, 2.05) is 41.8 Å². The lowest BCUT2D eigenvalue weighted by Crippen LogP contribution is -2.46. The molecule has 1 fully saturated rings. The summed E-state index contributed by atoms with van der Waals surface area (Å²) in [5.41, 5.74) is 1.81. The molecule has 0 aliphatic carbocycles.